The third kappa shape index (κ3) is 3.14. The Morgan fingerprint density at radius 2 is 1.87 bits per heavy atom. The molecule has 0 aromatic carbocycles. The van der Waals surface area contributed by atoms with Crippen molar-refractivity contribution in [3.05, 3.63) is 24.2 Å². The van der Waals surface area contributed by atoms with Crippen LogP contribution in [-0.4, -0.2) is 39.6 Å². The second kappa shape index (κ2) is 6.60. The maximum absolute atomic E-state index is 4.99. The molecule has 3 heterocycles. The molecule has 0 unspecified atom stereocenters. The molecule has 0 amide bonds. The predicted molar refractivity (Wildman–Crippen MR) is 93.6 cm³/mol. The molecule has 2 aromatic rings. The van der Waals surface area contributed by atoms with Crippen molar-refractivity contribution < 1.29 is 0 Å². The van der Waals surface area contributed by atoms with Gasteiger partial charge in [0.25, 0.3) is 0 Å². The molecule has 0 bridgehead atoms. The Bertz CT molecular complexity index is 648. The maximum Gasteiger partial charge on any atom is 0.160 e. The van der Waals surface area contributed by atoms with Crippen LogP contribution in [0.2, 0.25) is 0 Å². The molecule has 2 fully saturated rings. The monoisotopic (exact) mass is 312 g/mol. The summed E-state index contributed by atoms with van der Waals surface area (Å²) in [6, 6.07) is 4.75. The molecule has 1 saturated heterocycles. The van der Waals surface area contributed by atoms with Crippen LogP contribution in [0.25, 0.3) is 11.2 Å². The Kier molecular flexibility index (Phi) is 4.34. The first-order chi connectivity index (χ1) is 11.3. The molecule has 0 radical (unpaired) electrons. The van der Waals surface area contributed by atoms with Crippen LogP contribution in [0.5, 0.6) is 0 Å². The molecule has 1 saturated carbocycles. The Morgan fingerprint density at radius 1 is 1.09 bits per heavy atom. The molecule has 23 heavy (non-hydrogen) atoms. The second-order valence-electron chi connectivity index (χ2n) is 7.49. The second-order valence-corrected chi connectivity index (χ2v) is 7.49. The molecule has 4 heteroatoms. The third-order valence-electron chi connectivity index (χ3n) is 5.77. The Labute approximate surface area is 138 Å². The highest BCUT2D eigenvalue weighted by molar-refractivity contribution is 5.71. The zero-order valence-corrected chi connectivity index (χ0v) is 14.2. The lowest BCUT2D eigenvalue weighted by Crippen LogP contribution is -2.31. The molecular formula is C19H28N4. The van der Waals surface area contributed by atoms with Gasteiger partial charge in [0.15, 0.2) is 5.65 Å². The fourth-order valence-electron chi connectivity index (χ4n) is 4.37. The lowest BCUT2D eigenvalue weighted by Gasteiger charge is -2.30. The van der Waals surface area contributed by atoms with E-state index < -0.39 is 0 Å². The number of fused-ring (bicyclic) bond motifs is 1. The summed E-state index contributed by atoms with van der Waals surface area (Å²) in [4.78, 5) is 12.1. The fraction of sp³-hybridized carbons (Fsp3) is 0.684. The topological polar surface area (TPSA) is 34.0 Å². The molecule has 0 N–H and O–H groups in total. The van der Waals surface area contributed by atoms with Crippen molar-refractivity contribution in [2.45, 2.75) is 57.4 Å². The van der Waals surface area contributed by atoms with Gasteiger partial charge in [-0.2, -0.15) is 0 Å². The minimum Gasteiger partial charge on any atom is -0.310 e. The number of nitrogens with zero attached hydrogens (tertiary/aromatic N) is 4. The van der Waals surface area contributed by atoms with E-state index in [0.717, 1.165) is 23.5 Å². The predicted octanol–water partition coefficient (Wildman–Crippen LogP) is 3.82. The van der Waals surface area contributed by atoms with Crippen LogP contribution < -0.4 is 0 Å². The summed E-state index contributed by atoms with van der Waals surface area (Å²) in [5, 5.41) is 0. The number of pyridine rings is 1. The number of hydrogen-bond acceptors (Lipinski definition) is 3. The number of piperidine rings is 1. The van der Waals surface area contributed by atoms with Gasteiger partial charge in [0, 0.05) is 18.7 Å². The molecule has 0 atom stereocenters. The first-order valence-corrected chi connectivity index (χ1v) is 9.31. The average molecular weight is 312 g/mol. The van der Waals surface area contributed by atoms with Crippen LogP contribution in [-0.2, 0) is 6.42 Å². The van der Waals surface area contributed by atoms with Crippen LogP contribution in [0.4, 0.5) is 0 Å². The van der Waals surface area contributed by atoms with Gasteiger partial charge in [0.1, 0.15) is 11.3 Å². The number of imidazole rings is 1. The van der Waals surface area contributed by atoms with Crippen molar-refractivity contribution >= 4 is 11.2 Å². The third-order valence-corrected chi connectivity index (χ3v) is 5.77. The van der Waals surface area contributed by atoms with Gasteiger partial charge in [0.2, 0.25) is 0 Å². The first kappa shape index (κ1) is 15.1. The quantitative estimate of drug-likeness (QED) is 0.864. The summed E-state index contributed by atoms with van der Waals surface area (Å²) in [6.45, 7) is 2.46. The first-order valence-electron chi connectivity index (χ1n) is 9.31. The Morgan fingerprint density at radius 3 is 2.65 bits per heavy atom. The summed E-state index contributed by atoms with van der Waals surface area (Å²) in [7, 11) is 2.23. The zero-order valence-electron chi connectivity index (χ0n) is 14.2. The van der Waals surface area contributed by atoms with E-state index in [1.165, 1.54) is 63.9 Å². The van der Waals surface area contributed by atoms with E-state index in [0.29, 0.717) is 6.04 Å². The molecule has 4 rings (SSSR count). The minimum atomic E-state index is 0.616. The molecule has 2 aliphatic rings. The number of likely N-dealkylation sites (tertiary alicyclic amines) is 1. The van der Waals surface area contributed by atoms with Crippen LogP contribution in [0.3, 0.4) is 0 Å². The van der Waals surface area contributed by atoms with Crippen molar-refractivity contribution in [1.82, 2.24) is 19.4 Å². The van der Waals surface area contributed by atoms with Gasteiger partial charge in [-0.05, 0) is 63.9 Å². The fourth-order valence-corrected chi connectivity index (χ4v) is 4.37. The smallest absolute Gasteiger partial charge is 0.160 e. The summed E-state index contributed by atoms with van der Waals surface area (Å²) < 4.78 is 2.51. The van der Waals surface area contributed by atoms with Crippen molar-refractivity contribution in [2.75, 3.05) is 20.1 Å². The maximum atomic E-state index is 4.99. The molecule has 124 valence electrons. The normalized spacial score (nSPS) is 22.0. The van der Waals surface area contributed by atoms with Crippen LogP contribution in [0, 0.1) is 5.92 Å². The summed E-state index contributed by atoms with van der Waals surface area (Å²) in [6.07, 6.45) is 12.3. The molecular weight excluding hydrogens is 284 g/mol. The molecule has 0 spiro atoms. The van der Waals surface area contributed by atoms with E-state index in [9.17, 15) is 0 Å². The van der Waals surface area contributed by atoms with E-state index in [2.05, 4.69) is 27.6 Å². The minimum absolute atomic E-state index is 0.616. The zero-order chi connectivity index (χ0) is 15.6. The van der Waals surface area contributed by atoms with Gasteiger partial charge in [-0.25, -0.2) is 9.97 Å². The molecule has 4 nitrogen and oxygen atoms in total. The average Bonchev–Trinajstić information content (AvgIpc) is 2.95. The van der Waals surface area contributed by atoms with E-state index in [-0.39, 0.29) is 0 Å². The summed E-state index contributed by atoms with van der Waals surface area (Å²) in [5.41, 5.74) is 2.20. The number of rotatable bonds is 3. The van der Waals surface area contributed by atoms with Crippen molar-refractivity contribution in [3.63, 3.8) is 0 Å². The number of aromatic nitrogens is 3. The van der Waals surface area contributed by atoms with E-state index in [1.54, 1.807) is 0 Å². The number of hydrogen-bond donors (Lipinski definition) is 0. The van der Waals surface area contributed by atoms with Crippen molar-refractivity contribution in [3.8, 4) is 0 Å². The lowest BCUT2D eigenvalue weighted by molar-refractivity contribution is 0.215. The van der Waals surface area contributed by atoms with Gasteiger partial charge in [0.05, 0.1) is 0 Å². The lowest BCUT2D eigenvalue weighted by atomic mass is 9.92. The van der Waals surface area contributed by atoms with Gasteiger partial charge >= 0.3 is 0 Å². The van der Waals surface area contributed by atoms with Crippen LogP contribution in [0.1, 0.15) is 56.8 Å². The van der Waals surface area contributed by atoms with Crippen molar-refractivity contribution in [1.29, 1.82) is 0 Å². The van der Waals surface area contributed by atoms with Crippen LogP contribution in [0.15, 0.2) is 18.3 Å². The van der Waals surface area contributed by atoms with Gasteiger partial charge < -0.3 is 9.47 Å². The van der Waals surface area contributed by atoms with Gasteiger partial charge in [-0.3, -0.25) is 0 Å². The molecule has 1 aliphatic carbocycles. The van der Waals surface area contributed by atoms with Gasteiger partial charge in [-0.15, -0.1) is 0 Å². The Balaban J connectivity index is 1.64. The highest BCUT2D eigenvalue weighted by atomic mass is 15.2. The van der Waals surface area contributed by atoms with E-state index in [1.807, 2.05) is 12.3 Å². The molecule has 2 aromatic heterocycles. The summed E-state index contributed by atoms with van der Waals surface area (Å²) in [5.74, 6) is 2.07. The Hall–Kier alpha value is -1.42. The largest absolute Gasteiger partial charge is 0.310 e. The summed E-state index contributed by atoms with van der Waals surface area (Å²) >= 11 is 0. The van der Waals surface area contributed by atoms with E-state index in [4.69, 9.17) is 4.98 Å². The van der Waals surface area contributed by atoms with Gasteiger partial charge in [-0.1, -0.05) is 19.3 Å². The van der Waals surface area contributed by atoms with Crippen LogP contribution >= 0.6 is 0 Å². The standard InChI is InChI=1S/C19H28N4/c1-22-12-9-15(10-13-22)14-18-21-17-8-5-11-20-19(17)23(18)16-6-3-2-4-7-16/h5,8,11,15-16H,2-4,6-7,9-10,12-14H2,1H3. The SMILES string of the molecule is CN1CCC(Cc2nc3cccnc3n2C2CCCCC2)CC1. The molecule has 1 aliphatic heterocycles. The van der Waals surface area contributed by atoms with Crippen molar-refractivity contribution in [2.24, 2.45) is 5.92 Å². The highest BCUT2D eigenvalue weighted by Crippen LogP contribution is 2.33. The van der Waals surface area contributed by atoms with E-state index >= 15 is 0 Å². The highest BCUT2D eigenvalue weighted by Gasteiger charge is 2.25.